The zero-order valence-electron chi connectivity index (χ0n) is 12.8. The second-order valence-corrected chi connectivity index (χ2v) is 7.57. The number of fused-ring (bicyclic) bond motifs is 1. The SMILES string of the molecule is CCN(CC1CCC1)CC1(N)C2CCOC2C1(C)C. The van der Waals surface area contributed by atoms with Crippen molar-refractivity contribution in [2.24, 2.45) is 23.0 Å². The van der Waals surface area contributed by atoms with E-state index in [0.29, 0.717) is 12.0 Å². The highest BCUT2D eigenvalue weighted by Crippen LogP contribution is 2.58. The Morgan fingerprint density at radius 3 is 2.58 bits per heavy atom. The Labute approximate surface area is 117 Å². The normalized spacial score (nSPS) is 40.9. The first-order valence-corrected chi connectivity index (χ1v) is 8.12. The molecule has 3 fully saturated rings. The monoisotopic (exact) mass is 266 g/mol. The van der Waals surface area contributed by atoms with E-state index in [9.17, 15) is 0 Å². The molecule has 2 N–H and O–H groups in total. The summed E-state index contributed by atoms with van der Waals surface area (Å²) in [6.07, 6.45) is 5.84. The van der Waals surface area contributed by atoms with E-state index in [2.05, 4.69) is 25.7 Å². The molecule has 1 heterocycles. The van der Waals surface area contributed by atoms with Crippen LogP contribution < -0.4 is 5.73 Å². The summed E-state index contributed by atoms with van der Waals surface area (Å²) in [6, 6.07) is 0. The summed E-state index contributed by atoms with van der Waals surface area (Å²) in [7, 11) is 0. The van der Waals surface area contributed by atoms with Gasteiger partial charge in [-0.3, -0.25) is 0 Å². The van der Waals surface area contributed by atoms with Gasteiger partial charge in [0.25, 0.3) is 0 Å². The lowest BCUT2D eigenvalue weighted by molar-refractivity contribution is -0.163. The van der Waals surface area contributed by atoms with Crippen molar-refractivity contribution < 1.29 is 4.74 Å². The smallest absolute Gasteiger partial charge is 0.0691 e. The number of likely N-dealkylation sites (N-methyl/N-ethyl adjacent to an activating group) is 1. The highest BCUT2D eigenvalue weighted by Gasteiger charge is 2.67. The lowest BCUT2D eigenvalue weighted by atomic mass is 9.48. The molecule has 0 radical (unpaired) electrons. The average Bonchev–Trinajstić information content (AvgIpc) is 2.79. The van der Waals surface area contributed by atoms with Crippen molar-refractivity contribution in [3.8, 4) is 0 Å². The van der Waals surface area contributed by atoms with Gasteiger partial charge in [0.05, 0.1) is 6.10 Å². The first kappa shape index (κ1) is 13.8. The van der Waals surface area contributed by atoms with Crippen molar-refractivity contribution in [2.75, 3.05) is 26.2 Å². The summed E-state index contributed by atoms with van der Waals surface area (Å²) in [5, 5.41) is 0. The molecule has 3 aliphatic rings. The van der Waals surface area contributed by atoms with E-state index in [1.54, 1.807) is 0 Å². The van der Waals surface area contributed by atoms with Crippen LogP contribution in [0.4, 0.5) is 0 Å². The summed E-state index contributed by atoms with van der Waals surface area (Å²) in [4.78, 5) is 2.60. The molecule has 3 heteroatoms. The van der Waals surface area contributed by atoms with Crippen LogP contribution in [-0.4, -0.2) is 42.8 Å². The Morgan fingerprint density at radius 1 is 1.26 bits per heavy atom. The van der Waals surface area contributed by atoms with Crippen LogP contribution in [0, 0.1) is 17.3 Å². The van der Waals surface area contributed by atoms with Crippen molar-refractivity contribution >= 4 is 0 Å². The van der Waals surface area contributed by atoms with E-state index in [1.807, 2.05) is 0 Å². The van der Waals surface area contributed by atoms with E-state index >= 15 is 0 Å². The minimum absolute atomic E-state index is 0.0477. The lowest BCUT2D eigenvalue weighted by Crippen LogP contribution is -2.78. The maximum absolute atomic E-state index is 6.86. The molecule has 1 saturated heterocycles. The lowest BCUT2D eigenvalue weighted by Gasteiger charge is -2.63. The summed E-state index contributed by atoms with van der Waals surface area (Å²) < 4.78 is 5.89. The molecular formula is C16H30N2O. The predicted octanol–water partition coefficient (Wildman–Crippen LogP) is 2.25. The molecule has 0 aromatic rings. The van der Waals surface area contributed by atoms with Gasteiger partial charge in [-0.1, -0.05) is 27.2 Å². The van der Waals surface area contributed by atoms with Crippen molar-refractivity contribution in [1.82, 2.24) is 4.90 Å². The van der Waals surface area contributed by atoms with Gasteiger partial charge in [0, 0.05) is 36.6 Å². The molecule has 3 atom stereocenters. The zero-order valence-corrected chi connectivity index (χ0v) is 12.8. The molecule has 0 aromatic heterocycles. The third-order valence-electron chi connectivity index (χ3n) is 6.34. The molecule has 19 heavy (non-hydrogen) atoms. The summed E-state index contributed by atoms with van der Waals surface area (Å²) >= 11 is 0. The number of hydrogen-bond donors (Lipinski definition) is 1. The topological polar surface area (TPSA) is 38.5 Å². The van der Waals surface area contributed by atoms with E-state index in [1.165, 1.54) is 25.8 Å². The van der Waals surface area contributed by atoms with Gasteiger partial charge in [-0.05, 0) is 31.7 Å². The number of ether oxygens (including phenoxy) is 1. The largest absolute Gasteiger partial charge is 0.377 e. The summed E-state index contributed by atoms with van der Waals surface area (Å²) in [6.45, 7) is 11.2. The molecule has 1 aliphatic heterocycles. The van der Waals surface area contributed by atoms with Gasteiger partial charge in [-0.15, -0.1) is 0 Å². The van der Waals surface area contributed by atoms with Crippen LogP contribution in [-0.2, 0) is 4.74 Å². The molecule has 110 valence electrons. The van der Waals surface area contributed by atoms with Crippen LogP contribution in [0.15, 0.2) is 0 Å². The maximum atomic E-state index is 6.86. The first-order chi connectivity index (χ1) is 8.99. The highest BCUT2D eigenvalue weighted by atomic mass is 16.5. The Bertz CT molecular complexity index is 340. The fourth-order valence-electron chi connectivity index (χ4n) is 4.51. The standard InChI is InChI=1S/C16H30N2O/c1-4-18(10-12-6-5-7-12)11-16(17)13-8-9-19-14(13)15(16,2)3/h12-14H,4-11,17H2,1-3H3. The summed E-state index contributed by atoms with van der Waals surface area (Å²) in [5.74, 6) is 1.51. The Balaban J connectivity index is 1.66. The van der Waals surface area contributed by atoms with Gasteiger partial charge in [0.15, 0.2) is 0 Å². The molecular weight excluding hydrogens is 236 g/mol. The Morgan fingerprint density at radius 2 is 2.00 bits per heavy atom. The fourth-order valence-corrected chi connectivity index (χ4v) is 4.51. The molecule has 2 saturated carbocycles. The average molecular weight is 266 g/mol. The minimum atomic E-state index is -0.0477. The second-order valence-electron chi connectivity index (χ2n) is 7.57. The van der Waals surface area contributed by atoms with Crippen molar-refractivity contribution in [2.45, 2.75) is 58.1 Å². The van der Waals surface area contributed by atoms with Crippen LogP contribution in [0.25, 0.3) is 0 Å². The summed E-state index contributed by atoms with van der Waals surface area (Å²) in [5.41, 5.74) is 6.93. The number of nitrogens with two attached hydrogens (primary N) is 1. The van der Waals surface area contributed by atoms with Crippen LogP contribution in [0.3, 0.4) is 0 Å². The van der Waals surface area contributed by atoms with Crippen molar-refractivity contribution in [1.29, 1.82) is 0 Å². The third kappa shape index (κ3) is 1.97. The molecule has 0 aromatic carbocycles. The zero-order chi connectivity index (χ0) is 13.7. The predicted molar refractivity (Wildman–Crippen MR) is 78.0 cm³/mol. The number of rotatable bonds is 5. The first-order valence-electron chi connectivity index (χ1n) is 8.12. The molecule has 2 aliphatic carbocycles. The van der Waals surface area contributed by atoms with E-state index < -0.39 is 0 Å². The molecule has 3 rings (SSSR count). The molecule has 0 bridgehead atoms. The van der Waals surface area contributed by atoms with Gasteiger partial charge in [-0.2, -0.15) is 0 Å². The minimum Gasteiger partial charge on any atom is -0.377 e. The van der Waals surface area contributed by atoms with Crippen molar-refractivity contribution in [3.63, 3.8) is 0 Å². The molecule has 0 spiro atoms. The van der Waals surface area contributed by atoms with Gasteiger partial charge in [0.2, 0.25) is 0 Å². The quantitative estimate of drug-likeness (QED) is 0.829. The van der Waals surface area contributed by atoms with Gasteiger partial charge >= 0.3 is 0 Å². The second kappa shape index (κ2) is 4.71. The Kier molecular flexibility index (Phi) is 3.43. The molecule has 3 nitrogen and oxygen atoms in total. The molecule has 0 amide bonds. The Hall–Kier alpha value is -0.120. The highest BCUT2D eigenvalue weighted by molar-refractivity contribution is 5.21. The number of nitrogens with zero attached hydrogens (tertiary/aromatic N) is 1. The van der Waals surface area contributed by atoms with Gasteiger partial charge < -0.3 is 15.4 Å². The van der Waals surface area contributed by atoms with Crippen LogP contribution in [0.1, 0.15) is 46.5 Å². The van der Waals surface area contributed by atoms with Gasteiger partial charge in [0.1, 0.15) is 0 Å². The van der Waals surface area contributed by atoms with E-state index in [0.717, 1.165) is 32.0 Å². The maximum Gasteiger partial charge on any atom is 0.0691 e. The molecule has 3 unspecified atom stereocenters. The van der Waals surface area contributed by atoms with Crippen LogP contribution >= 0.6 is 0 Å². The number of hydrogen-bond acceptors (Lipinski definition) is 3. The van der Waals surface area contributed by atoms with E-state index in [4.69, 9.17) is 10.5 Å². The van der Waals surface area contributed by atoms with E-state index in [-0.39, 0.29) is 11.0 Å². The van der Waals surface area contributed by atoms with Gasteiger partial charge in [-0.25, -0.2) is 0 Å². The fraction of sp³-hybridized carbons (Fsp3) is 1.00. The third-order valence-corrected chi connectivity index (χ3v) is 6.34. The van der Waals surface area contributed by atoms with Crippen molar-refractivity contribution in [3.05, 3.63) is 0 Å². The van der Waals surface area contributed by atoms with Crippen LogP contribution in [0.5, 0.6) is 0 Å². The van der Waals surface area contributed by atoms with Crippen LogP contribution in [0.2, 0.25) is 0 Å².